The second-order valence-electron chi connectivity index (χ2n) is 7.80. The average molecular weight is 441 g/mol. The number of hydrogen-bond donors (Lipinski definition) is 4. The summed E-state index contributed by atoms with van der Waals surface area (Å²) in [5.74, 6) is 0.711. The zero-order valence-electron chi connectivity index (χ0n) is 18.2. The van der Waals surface area contributed by atoms with Crippen molar-refractivity contribution in [1.82, 2.24) is 25.9 Å². The van der Waals surface area contributed by atoms with Crippen LogP contribution in [-0.2, 0) is 16.1 Å². The van der Waals surface area contributed by atoms with E-state index in [1.807, 2.05) is 0 Å². The Morgan fingerprint density at radius 3 is 2.59 bits per heavy atom. The van der Waals surface area contributed by atoms with Crippen LogP contribution in [0.25, 0.3) is 0 Å². The van der Waals surface area contributed by atoms with Crippen LogP contribution in [0.1, 0.15) is 32.4 Å². The molecule has 1 saturated heterocycles. The summed E-state index contributed by atoms with van der Waals surface area (Å²) in [5.41, 5.74) is 0.683. The van der Waals surface area contributed by atoms with Gasteiger partial charge >= 0.3 is 6.03 Å². The van der Waals surface area contributed by atoms with Gasteiger partial charge in [-0.25, -0.2) is 9.78 Å². The molecule has 2 aromatic rings. The lowest BCUT2D eigenvalue weighted by Crippen LogP contribution is -2.37. The van der Waals surface area contributed by atoms with E-state index < -0.39 is 6.03 Å². The molecule has 0 saturated carbocycles. The fraction of sp³-hybridized carbons (Fsp3) is 0.409. The molecule has 10 nitrogen and oxygen atoms in total. The predicted molar refractivity (Wildman–Crippen MR) is 118 cm³/mol. The van der Waals surface area contributed by atoms with E-state index in [2.05, 4.69) is 31.2 Å². The van der Waals surface area contributed by atoms with Crippen molar-refractivity contribution < 1.29 is 19.1 Å². The molecule has 0 radical (unpaired) electrons. The van der Waals surface area contributed by atoms with Crippen LogP contribution in [0, 0.1) is 11.8 Å². The molecule has 4 amide bonds. The zero-order chi connectivity index (χ0) is 22.9. The third-order valence-electron chi connectivity index (χ3n) is 4.92. The lowest BCUT2D eigenvalue weighted by molar-refractivity contribution is -0.126. The summed E-state index contributed by atoms with van der Waals surface area (Å²) >= 11 is 0. The normalized spacial score (nSPS) is 14.0. The first-order valence-electron chi connectivity index (χ1n) is 10.6. The highest BCUT2D eigenvalue weighted by molar-refractivity contribution is 6.01. The van der Waals surface area contributed by atoms with Gasteiger partial charge in [0.1, 0.15) is 17.3 Å². The number of aromatic nitrogens is 2. The second kappa shape index (κ2) is 11.2. The van der Waals surface area contributed by atoms with Crippen LogP contribution in [0.15, 0.2) is 36.7 Å². The first kappa shape index (κ1) is 23.1. The van der Waals surface area contributed by atoms with Crippen LogP contribution < -0.4 is 26.0 Å². The molecule has 0 atom stereocenters. The molecule has 1 fully saturated rings. The summed E-state index contributed by atoms with van der Waals surface area (Å²) in [7, 11) is 0. The number of piperidine rings is 1. The smallest absolute Gasteiger partial charge is 0.327 e. The SMILES string of the molecule is CC(C)C(=O)NC(=O)Nc1ccc(Oc2ccnc(CNC(=O)C3CCNCC3)c2)cn1. The number of anilines is 1. The van der Waals surface area contributed by atoms with Gasteiger partial charge in [-0.3, -0.25) is 25.2 Å². The molecule has 1 aliphatic heterocycles. The van der Waals surface area contributed by atoms with Crippen LogP contribution in [-0.4, -0.2) is 40.9 Å². The minimum absolute atomic E-state index is 0.0412. The molecule has 3 rings (SSSR count). The van der Waals surface area contributed by atoms with E-state index in [0.29, 0.717) is 23.7 Å². The lowest BCUT2D eigenvalue weighted by Gasteiger charge is -2.21. The van der Waals surface area contributed by atoms with Crippen LogP contribution in [0.2, 0.25) is 0 Å². The number of rotatable bonds is 7. The molecule has 0 spiro atoms. The Bertz CT molecular complexity index is 942. The Kier molecular flexibility index (Phi) is 8.09. The number of carbonyl (C=O) groups excluding carboxylic acids is 3. The van der Waals surface area contributed by atoms with Gasteiger partial charge in [-0.05, 0) is 44.1 Å². The van der Waals surface area contributed by atoms with Crippen LogP contribution >= 0.6 is 0 Å². The van der Waals surface area contributed by atoms with Crippen molar-refractivity contribution in [1.29, 1.82) is 0 Å². The highest BCUT2D eigenvalue weighted by Gasteiger charge is 2.20. The Morgan fingerprint density at radius 1 is 1.12 bits per heavy atom. The van der Waals surface area contributed by atoms with Gasteiger partial charge in [-0.2, -0.15) is 0 Å². The fourth-order valence-corrected chi connectivity index (χ4v) is 3.08. The van der Waals surface area contributed by atoms with E-state index in [1.54, 1.807) is 44.3 Å². The number of ether oxygens (including phenoxy) is 1. The maximum atomic E-state index is 12.3. The fourth-order valence-electron chi connectivity index (χ4n) is 3.08. The van der Waals surface area contributed by atoms with Gasteiger partial charge in [0.2, 0.25) is 11.8 Å². The van der Waals surface area contributed by atoms with E-state index in [1.165, 1.54) is 6.20 Å². The number of pyridine rings is 2. The third kappa shape index (κ3) is 7.02. The van der Waals surface area contributed by atoms with Crippen molar-refractivity contribution in [2.45, 2.75) is 33.2 Å². The monoisotopic (exact) mass is 440 g/mol. The van der Waals surface area contributed by atoms with Crippen molar-refractivity contribution >= 4 is 23.7 Å². The summed E-state index contributed by atoms with van der Waals surface area (Å²) in [6.07, 6.45) is 4.76. The number of nitrogens with one attached hydrogen (secondary N) is 4. The highest BCUT2D eigenvalue weighted by Crippen LogP contribution is 2.22. The zero-order valence-corrected chi connectivity index (χ0v) is 18.2. The van der Waals surface area contributed by atoms with E-state index in [9.17, 15) is 14.4 Å². The van der Waals surface area contributed by atoms with Gasteiger partial charge in [-0.15, -0.1) is 0 Å². The maximum Gasteiger partial charge on any atom is 0.327 e. The van der Waals surface area contributed by atoms with Crippen LogP contribution in [0.5, 0.6) is 11.5 Å². The molecule has 4 N–H and O–H groups in total. The van der Waals surface area contributed by atoms with E-state index >= 15 is 0 Å². The average Bonchev–Trinajstić information content (AvgIpc) is 2.79. The molecule has 1 aliphatic rings. The maximum absolute atomic E-state index is 12.3. The van der Waals surface area contributed by atoms with Crippen molar-refractivity contribution in [3.8, 4) is 11.5 Å². The van der Waals surface area contributed by atoms with Gasteiger partial charge in [0.05, 0.1) is 18.4 Å². The van der Waals surface area contributed by atoms with Crippen LogP contribution in [0.3, 0.4) is 0 Å². The molecule has 32 heavy (non-hydrogen) atoms. The van der Waals surface area contributed by atoms with Gasteiger partial charge in [0.25, 0.3) is 0 Å². The van der Waals surface area contributed by atoms with Crippen LogP contribution in [0.4, 0.5) is 10.6 Å². The van der Waals surface area contributed by atoms with Crippen molar-refractivity contribution in [3.05, 3.63) is 42.4 Å². The lowest BCUT2D eigenvalue weighted by atomic mass is 9.97. The first-order chi connectivity index (χ1) is 15.4. The molecular formula is C22H28N6O4. The summed E-state index contributed by atoms with van der Waals surface area (Å²) < 4.78 is 5.79. The van der Waals surface area contributed by atoms with E-state index in [0.717, 1.165) is 25.9 Å². The minimum Gasteiger partial charge on any atom is -0.456 e. The second-order valence-corrected chi connectivity index (χ2v) is 7.80. The third-order valence-corrected chi connectivity index (χ3v) is 4.92. The number of urea groups is 1. The highest BCUT2D eigenvalue weighted by atomic mass is 16.5. The Balaban J connectivity index is 1.51. The standard InChI is InChI=1S/C22H28N6O4/c1-14(2)20(29)28-22(31)27-19-4-3-18(13-25-19)32-17-7-10-24-16(11-17)12-26-21(30)15-5-8-23-9-6-15/h3-4,7,10-11,13-15,23H,5-6,8-9,12H2,1-2H3,(H,26,30)(H2,25,27,28,29,31). The van der Waals surface area contributed by atoms with E-state index in [4.69, 9.17) is 4.74 Å². The van der Waals surface area contributed by atoms with Crippen molar-refractivity contribution in [3.63, 3.8) is 0 Å². The molecule has 3 heterocycles. The summed E-state index contributed by atoms with van der Waals surface area (Å²) in [6, 6.07) is 6.02. The van der Waals surface area contributed by atoms with E-state index in [-0.39, 0.29) is 29.5 Å². The number of imide groups is 1. The number of carbonyl (C=O) groups is 3. The minimum atomic E-state index is -0.643. The van der Waals surface area contributed by atoms with Crippen molar-refractivity contribution in [2.75, 3.05) is 18.4 Å². The van der Waals surface area contributed by atoms with Gasteiger partial charge in [0.15, 0.2) is 0 Å². The largest absolute Gasteiger partial charge is 0.456 e. The molecule has 2 aromatic heterocycles. The molecular weight excluding hydrogens is 412 g/mol. The molecule has 0 unspecified atom stereocenters. The summed E-state index contributed by atoms with van der Waals surface area (Å²) in [4.78, 5) is 44.0. The predicted octanol–water partition coefficient (Wildman–Crippen LogP) is 2.19. The summed E-state index contributed by atoms with van der Waals surface area (Å²) in [5, 5.41) is 10.9. The molecule has 10 heteroatoms. The molecule has 0 aliphatic carbocycles. The molecule has 0 aromatic carbocycles. The number of hydrogen-bond acceptors (Lipinski definition) is 7. The van der Waals surface area contributed by atoms with Gasteiger partial charge < -0.3 is 15.4 Å². The van der Waals surface area contributed by atoms with Crippen molar-refractivity contribution in [2.24, 2.45) is 11.8 Å². The summed E-state index contributed by atoms with van der Waals surface area (Å²) in [6.45, 7) is 5.44. The Labute approximate surface area is 186 Å². The topological polar surface area (TPSA) is 134 Å². The number of nitrogens with zero attached hydrogens (tertiary/aromatic N) is 2. The van der Waals surface area contributed by atoms with Gasteiger partial charge in [0, 0.05) is 24.1 Å². The van der Waals surface area contributed by atoms with Gasteiger partial charge in [-0.1, -0.05) is 13.8 Å². The number of amides is 4. The first-order valence-corrected chi connectivity index (χ1v) is 10.6. The Hall–Kier alpha value is -3.53. The Morgan fingerprint density at radius 2 is 1.91 bits per heavy atom. The molecule has 170 valence electrons. The molecule has 0 bridgehead atoms. The quantitative estimate of drug-likeness (QED) is 0.518.